The maximum atomic E-state index is 11.9. The minimum absolute atomic E-state index is 0.108. The molecule has 14 heavy (non-hydrogen) atoms. The molecule has 1 nitrogen and oxygen atoms in total. The number of alkyl halides is 3. The monoisotopic (exact) mass is 206 g/mol. The fraction of sp³-hybridized carbons (Fsp3) is 0.400. The van der Waals surface area contributed by atoms with Gasteiger partial charge in [0.25, 0.3) is 0 Å². The van der Waals surface area contributed by atoms with E-state index >= 15 is 0 Å². The van der Waals surface area contributed by atoms with Crippen molar-refractivity contribution in [2.24, 2.45) is 5.92 Å². The zero-order chi connectivity index (χ0) is 11.4. The summed E-state index contributed by atoms with van der Waals surface area (Å²) < 4.78 is 39.5. The Morgan fingerprint density at radius 3 is 2.14 bits per heavy atom. The molecule has 0 saturated heterocycles. The second-order valence-corrected chi connectivity index (χ2v) is 2.99. The molecule has 0 N–H and O–H groups in total. The van der Waals surface area contributed by atoms with Crippen molar-refractivity contribution in [3.8, 4) is 0 Å². The topological polar surface area (TPSA) is 9.23 Å². The molecule has 0 fully saturated rings. The first kappa shape index (κ1) is 12.8. The molecule has 0 radical (unpaired) electrons. The van der Waals surface area contributed by atoms with Crippen molar-refractivity contribution in [2.45, 2.75) is 20.2 Å². The minimum Gasteiger partial charge on any atom is -0.406 e. The van der Waals surface area contributed by atoms with Crippen LogP contribution in [-0.2, 0) is 4.74 Å². The Kier molecular flexibility index (Phi) is 4.47. The lowest BCUT2D eigenvalue weighted by molar-refractivity contribution is -0.304. The van der Waals surface area contributed by atoms with Gasteiger partial charge >= 0.3 is 6.36 Å². The van der Waals surface area contributed by atoms with Crippen LogP contribution in [0.4, 0.5) is 13.2 Å². The Morgan fingerprint density at radius 2 is 1.86 bits per heavy atom. The molecule has 0 heterocycles. The molecule has 0 aliphatic rings. The molecule has 0 amide bonds. The third-order valence-corrected chi connectivity index (χ3v) is 1.51. The Balaban J connectivity index is 4.72. The third-order valence-electron chi connectivity index (χ3n) is 1.51. The van der Waals surface area contributed by atoms with Crippen LogP contribution in [0.3, 0.4) is 0 Å². The van der Waals surface area contributed by atoms with Crippen molar-refractivity contribution in [3.63, 3.8) is 0 Å². The highest BCUT2D eigenvalue weighted by molar-refractivity contribution is 5.27. The number of hydrogen-bond donors (Lipinski definition) is 0. The average Bonchev–Trinajstić information content (AvgIpc) is 1.99. The van der Waals surface area contributed by atoms with Crippen LogP contribution in [0.2, 0.25) is 0 Å². The maximum Gasteiger partial charge on any atom is 0.573 e. The van der Waals surface area contributed by atoms with E-state index in [0.29, 0.717) is 5.57 Å². The lowest BCUT2D eigenvalue weighted by Crippen LogP contribution is -2.15. The Bertz CT molecular complexity index is 249. The van der Waals surface area contributed by atoms with Crippen molar-refractivity contribution in [1.29, 1.82) is 0 Å². The van der Waals surface area contributed by atoms with E-state index in [1.54, 1.807) is 13.8 Å². The normalized spacial score (nSPS) is 12.9. The van der Waals surface area contributed by atoms with Gasteiger partial charge in [-0.3, -0.25) is 0 Å². The highest BCUT2D eigenvalue weighted by atomic mass is 19.4. The molecule has 0 bridgehead atoms. The Labute approximate surface area is 81.6 Å². The SMILES string of the molecule is C=C/C=C(/OC(F)(F)F)C(=C)C(C)C. The number of ether oxygens (including phenoxy) is 1. The first-order chi connectivity index (χ1) is 6.28. The van der Waals surface area contributed by atoms with Gasteiger partial charge in [-0.1, -0.05) is 33.1 Å². The average molecular weight is 206 g/mol. The maximum absolute atomic E-state index is 11.9. The molecule has 0 aromatic heterocycles. The lowest BCUT2D eigenvalue weighted by Gasteiger charge is -2.16. The predicted octanol–water partition coefficient (Wildman–Crippen LogP) is 3.80. The summed E-state index contributed by atoms with van der Waals surface area (Å²) in [5.41, 5.74) is 0.294. The third kappa shape index (κ3) is 4.74. The summed E-state index contributed by atoms with van der Waals surface area (Å²) in [6, 6.07) is 0. The first-order valence-electron chi connectivity index (χ1n) is 4.05. The molecular formula is C10H13F3O. The molecule has 0 aromatic rings. The Morgan fingerprint density at radius 1 is 1.36 bits per heavy atom. The van der Waals surface area contributed by atoms with Crippen molar-refractivity contribution in [2.75, 3.05) is 0 Å². The number of allylic oxidation sites excluding steroid dienone is 3. The molecule has 0 aromatic carbocycles. The molecular weight excluding hydrogens is 193 g/mol. The van der Waals surface area contributed by atoms with E-state index in [2.05, 4.69) is 17.9 Å². The van der Waals surface area contributed by atoms with Gasteiger partial charge in [0.15, 0.2) is 0 Å². The van der Waals surface area contributed by atoms with Gasteiger partial charge in [-0.25, -0.2) is 0 Å². The second kappa shape index (κ2) is 4.88. The molecule has 0 unspecified atom stereocenters. The summed E-state index contributed by atoms with van der Waals surface area (Å²) in [7, 11) is 0. The van der Waals surface area contributed by atoms with E-state index in [1.165, 1.54) is 6.08 Å². The van der Waals surface area contributed by atoms with E-state index in [9.17, 15) is 13.2 Å². The molecule has 0 rings (SSSR count). The summed E-state index contributed by atoms with van der Waals surface area (Å²) in [4.78, 5) is 0. The van der Waals surface area contributed by atoms with Crippen molar-refractivity contribution in [1.82, 2.24) is 0 Å². The van der Waals surface area contributed by atoms with E-state index < -0.39 is 6.36 Å². The van der Waals surface area contributed by atoms with Crippen LogP contribution in [-0.4, -0.2) is 6.36 Å². The molecule has 0 aliphatic heterocycles. The zero-order valence-corrected chi connectivity index (χ0v) is 8.19. The zero-order valence-electron chi connectivity index (χ0n) is 8.19. The quantitative estimate of drug-likeness (QED) is 0.502. The molecule has 0 atom stereocenters. The molecule has 0 spiro atoms. The summed E-state index contributed by atoms with van der Waals surface area (Å²) in [6.07, 6.45) is -2.31. The minimum atomic E-state index is -4.69. The van der Waals surface area contributed by atoms with Crippen molar-refractivity contribution < 1.29 is 17.9 Å². The van der Waals surface area contributed by atoms with E-state index in [0.717, 1.165) is 6.08 Å². The van der Waals surface area contributed by atoms with Crippen LogP contribution in [0.1, 0.15) is 13.8 Å². The highest BCUT2D eigenvalue weighted by Gasteiger charge is 2.32. The lowest BCUT2D eigenvalue weighted by atomic mass is 10.0. The Hall–Kier alpha value is -1.19. The fourth-order valence-electron chi connectivity index (χ4n) is 0.723. The van der Waals surface area contributed by atoms with Crippen molar-refractivity contribution in [3.05, 3.63) is 36.6 Å². The van der Waals surface area contributed by atoms with Crippen LogP contribution in [0.15, 0.2) is 36.6 Å². The van der Waals surface area contributed by atoms with Crippen LogP contribution >= 0.6 is 0 Å². The van der Waals surface area contributed by atoms with Crippen LogP contribution in [0, 0.1) is 5.92 Å². The summed E-state index contributed by atoms with van der Waals surface area (Å²) in [6.45, 7) is 10.3. The molecule has 4 heteroatoms. The van der Waals surface area contributed by atoms with Gasteiger partial charge in [0.05, 0.1) is 0 Å². The second-order valence-electron chi connectivity index (χ2n) is 2.99. The van der Waals surface area contributed by atoms with Gasteiger partial charge in [-0.2, -0.15) is 0 Å². The highest BCUT2D eigenvalue weighted by Crippen LogP contribution is 2.27. The first-order valence-corrected chi connectivity index (χ1v) is 4.05. The summed E-state index contributed by atoms with van der Waals surface area (Å²) in [5, 5.41) is 0. The van der Waals surface area contributed by atoms with Gasteiger partial charge in [0, 0.05) is 0 Å². The van der Waals surface area contributed by atoms with Crippen molar-refractivity contribution >= 4 is 0 Å². The molecule has 0 saturated carbocycles. The van der Waals surface area contributed by atoms with Gasteiger partial charge in [-0.15, -0.1) is 13.2 Å². The standard InChI is InChI=1S/C10H13F3O/c1-5-6-9(8(4)7(2)3)14-10(11,12)13/h5-7H,1,4H2,2-3H3/b9-6+. The van der Waals surface area contributed by atoms with Crippen LogP contribution in [0.5, 0.6) is 0 Å². The van der Waals surface area contributed by atoms with E-state index in [1.807, 2.05) is 0 Å². The number of hydrogen-bond acceptors (Lipinski definition) is 1. The van der Waals surface area contributed by atoms with E-state index in [-0.39, 0.29) is 11.7 Å². The van der Waals surface area contributed by atoms with Gasteiger partial charge in [-0.05, 0) is 17.6 Å². The predicted molar refractivity (Wildman–Crippen MR) is 49.4 cm³/mol. The smallest absolute Gasteiger partial charge is 0.406 e. The fourth-order valence-corrected chi connectivity index (χ4v) is 0.723. The largest absolute Gasteiger partial charge is 0.573 e. The van der Waals surface area contributed by atoms with Gasteiger partial charge in [0.1, 0.15) is 5.76 Å². The van der Waals surface area contributed by atoms with Crippen LogP contribution in [0.25, 0.3) is 0 Å². The van der Waals surface area contributed by atoms with Crippen LogP contribution < -0.4 is 0 Å². The summed E-state index contributed by atoms with van der Waals surface area (Å²) in [5.74, 6) is -0.397. The molecule has 80 valence electrons. The number of halogens is 3. The molecule has 0 aliphatic carbocycles. The number of rotatable bonds is 4. The van der Waals surface area contributed by atoms with E-state index in [4.69, 9.17) is 0 Å². The van der Waals surface area contributed by atoms with Gasteiger partial charge in [0.2, 0.25) is 0 Å². The van der Waals surface area contributed by atoms with Gasteiger partial charge < -0.3 is 4.74 Å². The summed E-state index contributed by atoms with van der Waals surface area (Å²) >= 11 is 0.